The molecule has 1 aromatic carbocycles. The van der Waals surface area contributed by atoms with Crippen molar-refractivity contribution in [3.63, 3.8) is 0 Å². The monoisotopic (exact) mass is 220 g/mol. The Morgan fingerprint density at radius 3 is 2.94 bits per heavy atom. The molecule has 0 bridgehead atoms. The fourth-order valence-corrected chi connectivity index (χ4v) is 2.10. The zero-order valence-electron chi connectivity index (χ0n) is 9.40. The van der Waals surface area contributed by atoms with Gasteiger partial charge in [0.25, 0.3) is 0 Å². The highest BCUT2D eigenvalue weighted by Crippen LogP contribution is 2.27. The molecule has 1 aliphatic rings. The zero-order chi connectivity index (χ0) is 11.7. The molecule has 17 heavy (non-hydrogen) atoms. The van der Waals surface area contributed by atoms with E-state index < -0.39 is 0 Å². The molecule has 2 nitrogen and oxygen atoms in total. The largest absolute Gasteiger partial charge is 0.384 e. The Morgan fingerprint density at radius 1 is 1.12 bits per heavy atom. The van der Waals surface area contributed by atoms with Crippen LogP contribution in [-0.2, 0) is 6.42 Å². The first kappa shape index (κ1) is 9.92. The molecule has 1 heterocycles. The number of hydrogen-bond acceptors (Lipinski definition) is 2. The third kappa shape index (κ3) is 1.76. The van der Waals surface area contributed by atoms with Gasteiger partial charge in [-0.1, -0.05) is 36.1 Å². The summed E-state index contributed by atoms with van der Waals surface area (Å²) in [6.07, 6.45) is 1.86. The van der Waals surface area contributed by atoms with E-state index in [0.717, 1.165) is 29.7 Å². The Balaban J connectivity index is 2.31. The normalized spacial score (nSPS) is 12.5. The van der Waals surface area contributed by atoms with Gasteiger partial charge in [-0.15, -0.1) is 0 Å². The Bertz CT molecular complexity index is 633. The molecular weight excluding hydrogens is 208 g/mol. The van der Waals surface area contributed by atoms with Crippen LogP contribution in [0.25, 0.3) is 11.3 Å². The molecule has 3 rings (SSSR count). The minimum absolute atomic E-state index is 0.543. The third-order valence-electron chi connectivity index (χ3n) is 2.93. The number of nitrogens with two attached hydrogens (primary N) is 1. The molecule has 0 saturated heterocycles. The molecule has 0 aliphatic heterocycles. The summed E-state index contributed by atoms with van der Waals surface area (Å²) in [7, 11) is 0. The predicted molar refractivity (Wildman–Crippen MR) is 69.3 cm³/mol. The maximum atomic E-state index is 5.77. The second-order valence-corrected chi connectivity index (χ2v) is 4.09. The smallest absolute Gasteiger partial charge is 0.124 e. The standard InChI is InChI=1S/C15H12N2/c16-14-10-9-12-7-2-1-5-11-6-3-4-8-13(11)15(12)17-14/h3-4,6,8-10H,1,5H2,(H2,16,17). The van der Waals surface area contributed by atoms with E-state index in [4.69, 9.17) is 5.73 Å². The van der Waals surface area contributed by atoms with Gasteiger partial charge in [-0.3, -0.25) is 0 Å². The summed E-state index contributed by atoms with van der Waals surface area (Å²) in [4.78, 5) is 4.43. The average molecular weight is 220 g/mol. The van der Waals surface area contributed by atoms with Crippen molar-refractivity contribution in [3.05, 3.63) is 47.5 Å². The molecule has 1 aromatic heterocycles. The number of rotatable bonds is 0. The lowest BCUT2D eigenvalue weighted by Gasteiger charge is -2.12. The van der Waals surface area contributed by atoms with Gasteiger partial charge in [-0.05, 0) is 24.1 Å². The zero-order valence-corrected chi connectivity index (χ0v) is 9.40. The summed E-state index contributed by atoms with van der Waals surface area (Å²) < 4.78 is 0. The van der Waals surface area contributed by atoms with Crippen molar-refractivity contribution in [2.75, 3.05) is 5.73 Å². The minimum atomic E-state index is 0.543. The highest BCUT2D eigenvalue weighted by molar-refractivity contribution is 5.72. The number of aromatic nitrogens is 1. The highest BCUT2D eigenvalue weighted by atomic mass is 14.8. The molecular formula is C15H12N2. The molecule has 82 valence electrons. The quantitative estimate of drug-likeness (QED) is 0.693. The maximum absolute atomic E-state index is 5.77. The maximum Gasteiger partial charge on any atom is 0.124 e. The second-order valence-electron chi connectivity index (χ2n) is 4.09. The van der Waals surface area contributed by atoms with E-state index in [1.807, 2.05) is 12.1 Å². The average Bonchev–Trinajstić information content (AvgIpc) is 2.34. The number of benzene rings is 1. The van der Waals surface area contributed by atoms with Crippen LogP contribution in [0.4, 0.5) is 5.82 Å². The van der Waals surface area contributed by atoms with E-state index in [-0.39, 0.29) is 0 Å². The van der Waals surface area contributed by atoms with Gasteiger partial charge in [0.1, 0.15) is 5.82 Å². The number of nitrogens with zero attached hydrogens (tertiary/aromatic N) is 1. The molecule has 1 aliphatic carbocycles. The molecule has 0 spiro atoms. The van der Waals surface area contributed by atoms with Crippen LogP contribution in [-0.4, -0.2) is 4.98 Å². The van der Waals surface area contributed by atoms with E-state index in [1.54, 1.807) is 6.07 Å². The number of pyridine rings is 1. The Kier molecular flexibility index (Phi) is 2.31. The van der Waals surface area contributed by atoms with Crippen LogP contribution in [0.15, 0.2) is 36.4 Å². The Labute approximate surface area is 101 Å². The number of fused-ring (bicyclic) bond motifs is 3. The van der Waals surface area contributed by atoms with Crippen LogP contribution < -0.4 is 5.73 Å². The lowest BCUT2D eigenvalue weighted by Crippen LogP contribution is -1.99. The van der Waals surface area contributed by atoms with Crippen LogP contribution in [0.2, 0.25) is 0 Å². The van der Waals surface area contributed by atoms with Crippen molar-refractivity contribution >= 4 is 5.82 Å². The van der Waals surface area contributed by atoms with Crippen molar-refractivity contribution < 1.29 is 0 Å². The lowest BCUT2D eigenvalue weighted by molar-refractivity contribution is 1.02. The predicted octanol–water partition coefficient (Wildman–Crippen LogP) is 2.63. The first-order valence-corrected chi connectivity index (χ1v) is 5.68. The van der Waals surface area contributed by atoms with Crippen molar-refractivity contribution in [1.29, 1.82) is 0 Å². The third-order valence-corrected chi connectivity index (χ3v) is 2.93. The highest BCUT2D eigenvalue weighted by Gasteiger charge is 2.11. The summed E-state index contributed by atoms with van der Waals surface area (Å²) in [6.45, 7) is 0. The molecule has 2 N–H and O–H groups in total. The van der Waals surface area contributed by atoms with Crippen LogP contribution in [0, 0.1) is 11.8 Å². The van der Waals surface area contributed by atoms with E-state index in [1.165, 1.54) is 5.56 Å². The molecule has 0 atom stereocenters. The lowest BCUT2D eigenvalue weighted by atomic mass is 9.95. The number of nitrogen functional groups attached to an aromatic ring is 1. The molecule has 0 unspecified atom stereocenters. The van der Waals surface area contributed by atoms with Crippen molar-refractivity contribution in [2.45, 2.75) is 12.8 Å². The summed E-state index contributed by atoms with van der Waals surface area (Å²) in [5, 5.41) is 0. The van der Waals surface area contributed by atoms with Gasteiger partial charge < -0.3 is 5.73 Å². The summed E-state index contributed by atoms with van der Waals surface area (Å²) in [5.74, 6) is 6.88. The molecule has 0 amide bonds. The van der Waals surface area contributed by atoms with Crippen LogP contribution in [0.5, 0.6) is 0 Å². The summed E-state index contributed by atoms with van der Waals surface area (Å²) >= 11 is 0. The molecule has 2 aromatic rings. The Morgan fingerprint density at radius 2 is 2.00 bits per heavy atom. The second kappa shape index (κ2) is 3.95. The number of anilines is 1. The summed E-state index contributed by atoms with van der Waals surface area (Å²) in [6, 6.07) is 12.1. The van der Waals surface area contributed by atoms with Crippen LogP contribution in [0.1, 0.15) is 17.5 Å². The fourth-order valence-electron chi connectivity index (χ4n) is 2.10. The van der Waals surface area contributed by atoms with E-state index in [0.29, 0.717) is 5.82 Å². The molecule has 2 heteroatoms. The van der Waals surface area contributed by atoms with Gasteiger partial charge in [-0.2, -0.15) is 0 Å². The van der Waals surface area contributed by atoms with Crippen LogP contribution >= 0.6 is 0 Å². The van der Waals surface area contributed by atoms with Gasteiger partial charge in [-0.25, -0.2) is 4.98 Å². The van der Waals surface area contributed by atoms with Gasteiger partial charge in [0.15, 0.2) is 0 Å². The van der Waals surface area contributed by atoms with Crippen LogP contribution in [0.3, 0.4) is 0 Å². The molecule has 0 fully saturated rings. The first-order chi connectivity index (χ1) is 8.34. The van der Waals surface area contributed by atoms with Gasteiger partial charge in [0.05, 0.1) is 11.3 Å². The van der Waals surface area contributed by atoms with Gasteiger partial charge in [0.2, 0.25) is 0 Å². The van der Waals surface area contributed by atoms with Crippen molar-refractivity contribution in [3.8, 4) is 23.1 Å². The van der Waals surface area contributed by atoms with E-state index in [9.17, 15) is 0 Å². The van der Waals surface area contributed by atoms with E-state index in [2.05, 4.69) is 35.0 Å². The SMILES string of the molecule is Nc1ccc2c(n1)-c1ccccc1CCC#C2. The topological polar surface area (TPSA) is 38.9 Å². The van der Waals surface area contributed by atoms with Crippen molar-refractivity contribution in [1.82, 2.24) is 4.98 Å². The van der Waals surface area contributed by atoms with Gasteiger partial charge in [0, 0.05) is 12.0 Å². The summed E-state index contributed by atoms with van der Waals surface area (Å²) in [5.41, 5.74) is 10.1. The van der Waals surface area contributed by atoms with E-state index >= 15 is 0 Å². The Hall–Kier alpha value is -2.27. The van der Waals surface area contributed by atoms with Gasteiger partial charge >= 0.3 is 0 Å². The fraction of sp³-hybridized carbons (Fsp3) is 0.133. The number of hydrogen-bond donors (Lipinski definition) is 1. The first-order valence-electron chi connectivity index (χ1n) is 5.68. The molecule has 0 saturated carbocycles. The number of aryl methyl sites for hydroxylation is 1. The molecule has 0 radical (unpaired) electrons. The van der Waals surface area contributed by atoms with Crippen molar-refractivity contribution in [2.24, 2.45) is 0 Å². The minimum Gasteiger partial charge on any atom is -0.384 e.